The zero-order valence-corrected chi connectivity index (χ0v) is 16.6. The zero-order chi connectivity index (χ0) is 20.9. The number of alkyl halides is 3. The molecule has 10 heteroatoms. The molecular formula is C18H21F3N2O4S. The van der Waals surface area contributed by atoms with Crippen LogP contribution in [0.3, 0.4) is 0 Å². The topological polar surface area (TPSA) is 70.3 Å². The Morgan fingerprint density at radius 1 is 1.25 bits per heavy atom. The van der Waals surface area contributed by atoms with Crippen LogP contribution in [0.4, 0.5) is 13.2 Å². The van der Waals surface area contributed by atoms with Crippen molar-refractivity contribution in [2.75, 3.05) is 6.61 Å². The van der Waals surface area contributed by atoms with Crippen molar-refractivity contribution in [3.63, 3.8) is 0 Å². The summed E-state index contributed by atoms with van der Waals surface area (Å²) in [6, 6.07) is 0. The summed E-state index contributed by atoms with van der Waals surface area (Å²) in [6.07, 6.45) is -4.14. The molecule has 0 radical (unpaired) electrons. The van der Waals surface area contributed by atoms with Crippen molar-refractivity contribution < 1.29 is 22.7 Å². The van der Waals surface area contributed by atoms with E-state index in [2.05, 4.69) is 0 Å². The first-order valence-corrected chi connectivity index (χ1v) is 9.91. The molecule has 28 heavy (non-hydrogen) atoms. The van der Waals surface area contributed by atoms with Crippen LogP contribution in [0.1, 0.15) is 55.3 Å². The zero-order valence-electron chi connectivity index (χ0n) is 15.8. The van der Waals surface area contributed by atoms with Crippen LogP contribution in [0.5, 0.6) is 0 Å². The summed E-state index contributed by atoms with van der Waals surface area (Å²) in [5.74, 6) is -0.640. The lowest BCUT2D eigenvalue weighted by atomic mass is 10.1. The number of aromatic nitrogens is 2. The van der Waals surface area contributed by atoms with Crippen molar-refractivity contribution in [2.24, 2.45) is 0 Å². The fraction of sp³-hybridized carbons (Fsp3) is 0.611. The highest BCUT2D eigenvalue weighted by molar-refractivity contribution is 7.20. The second-order valence-electron chi connectivity index (χ2n) is 7.10. The Bertz CT molecular complexity index is 1040. The summed E-state index contributed by atoms with van der Waals surface area (Å²) in [5, 5.41) is 0.144. The van der Waals surface area contributed by atoms with Gasteiger partial charge in [-0.05, 0) is 38.7 Å². The maximum absolute atomic E-state index is 13.1. The molecule has 0 spiro atoms. The van der Waals surface area contributed by atoms with Crippen molar-refractivity contribution in [1.82, 2.24) is 9.13 Å². The third kappa shape index (κ3) is 3.49. The molecule has 2 heterocycles. The predicted octanol–water partition coefficient (Wildman–Crippen LogP) is 3.43. The van der Waals surface area contributed by atoms with E-state index in [9.17, 15) is 27.6 Å². The largest absolute Gasteiger partial charge is 0.462 e. The van der Waals surface area contributed by atoms with Gasteiger partial charge in [-0.15, -0.1) is 11.3 Å². The van der Waals surface area contributed by atoms with Crippen LogP contribution < -0.4 is 11.2 Å². The molecule has 0 N–H and O–H groups in total. The predicted molar refractivity (Wildman–Crippen MR) is 99.2 cm³/mol. The van der Waals surface area contributed by atoms with E-state index in [0.717, 1.165) is 20.5 Å². The highest BCUT2D eigenvalue weighted by Crippen LogP contribution is 2.41. The quantitative estimate of drug-likeness (QED) is 0.674. The SMILES string of the molecule is CCOC(=O)c1sc2c(c1CC)c(=O)n(C1(C)CC1)c(=O)n2CCC(F)(F)F. The standard InChI is InChI=1S/C18H21F3N2O4S/c1-4-10-11-13(24)23(17(3)6-7-17)16(26)22(9-8-18(19,20)21)14(11)28-12(10)15(25)27-5-2/h4-9H2,1-3H3. The third-order valence-electron chi connectivity index (χ3n) is 5.02. The lowest BCUT2D eigenvalue weighted by Crippen LogP contribution is -2.45. The minimum absolute atomic E-state index is 0.0969. The van der Waals surface area contributed by atoms with E-state index in [4.69, 9.17) is 4.74 Å². The number of aryl methyl sites for hydroxylation is 2. The summed E-state index contributed by atoms with van der Waals surface area (Å²) in [6.45, 7) is 4.63. The Balaban J connectivity index is 2.34. The summed E-state index contributed by atoms with van der Waals surface area (Å²) in [7, 11) is 0. The van der Waals surface area contributed by atoms with Gasteiger partial charge in [0.25, 0.3) is 5.56 Å². The molecule has 1 saturated carbocycles. The fourth-order valence-corrected chi connectivity index (χ4v) is 4.58. The van der Waals surface area contributed by atoms with Crippen LogP contribution in [0.15, 0.2) is 9.59 Å². The monoisotopic (exact) mass is 418 g/mol. The number of halogens is 3. The Morgan fingerprint density at radius 3 is 2.39 bits per heavy atom. The Hall–Kier alpha value is -2.10. The van der Waals surface area contributed by atoms with Crippen molar-refractivity contribution in [3.8, 4) is 0 Å². The molecule has 154 valence electrons. The van der Waals surface area contributed by atoms with Gasteiger partial charge in [0, 0.05) is 6.54 Å². The fourth-order valence-electron chi connectivity index (χ4n) is 3.28. The number of hydrogen-bond donors (Lipinski definition) is 0. The molecule has 0 aromatic carbocycles. The van der Waals surface area contributed by atoms with E-state index < -0.39 is 41.9 Å². The van der Waals surface area contributed by atoms with E-state index in [1.165, 1.54) is 0 Å². The normalized spacial score (nSPS) is 15.8. The summed E-state index contributed by atoms with van der Waals surface area (Å²) >= 11 is 0.850. The molecule has 0 saturated heterocycles. The van der Waals surface area contributed by atoms with Crippen LogP contribution in [0.2, 0.25) is 0 Å². The third-order valence-corrected chi connectivity index (χ3v) is 6.25. The number of thiophene rings is 1. The van der Waals surface area contributed by atoms with E-state index in [0.29, 0.717) is 24.8 Å². The molecule has 0 aliphatic heterocycles. The number of carbonyl (C=O) groups excluding carboxylic acids is 1. The summed E-state index contributed by atoms with van der Waals surface area (Å²) in [4.78, 5) is 38.7. The van der Waals surface area contributed by atoms with Gasteiger partial charge in [0.2, 0.25) is 0 Å². The molecule has 2 aromatic heterocycles. The highest BCUT2D eigenvalue weighted by atomic mass is 32.1. The van der Waals surface area contributed by atoms with Crippen molar-refractivity contribution in [1.29, 1.82) is 0 Å². The lowest BCUT2D eigenvalue weighted by Gasteiger charge is -2.17. The number of hydrogen-bond acceptors (Lipinski definition) is 5. The molecule has 0 unspecified atom stereocenters. The number of ether oxygens (including phenoxy) is 1. The maximum atomic E-state index is 13.1. The van der Waals surface area contributed by atoms with E-state index in [-0.39, 0.29) is 21.7 Å². The first-order chi connectivity index (χ1) is 13.0. The van der Waals surface area contributed by atoms with Gasteiger partial charge in [-0.25, -0.2) is 9.59 Å². The summed E-state index contributed by atoms with van der Waals surface area (Å²) in [5.41, 5.74) is -1.59. The Morgan fingerprint density at radius 2 is 1.89 bits per heavy atom. The molecule has 1 fully saturated rings. The second-order valence-corrected chi connectivity index (χ2v) is 8.10. The smallest absolute Gasteiger partial charge is 0.390 e. The summed E-state index contributed by atoms with van der Waals surface area (Å²) < 4.78 is 45.5. The first kappa shape index (κ1) is 20.6. The molecule has 0 amide bonds. The van der Waals surface area contributed by atoms with Gasteiger partial charge in [0.05, 0.1) is 24.0 Å². The minimum atomic E-state index is -4.45. The van der Waals surface area contributed by atoms with Crippen molar-refractivity contribution >= 4 is 27.5 Å². The van der Waals surface area contributed by atoms with Crippen LogP contribution in [0.25, 0.3) is 10.2 Å². The van der Waals surface area contributed by atoms with E-state index >= 15 is 0 Å². The Labute approximate surface area is 162 Å². The minimum Gasteiger partial charge on any atom is -0.462 e. The van der Waals surface area contributed by atoms with Gasteiger partial charge in [0.15, 0.2) is 0 Å². The van der Waals surface area contributed by atoms with Crippen LogP contribution in [-0.4, -0.2) is 27.9 Å². The van der Waals surface area contributed by atoms with Gasteiger partial charge in [0.1, 0.15) is 9.71 Å². The van der Waals surface area contributed by atoms with Crippen LogP contribution >= 0.6 is 11.3 Å². The van der Waals surface area contributed by atoms with E-state index in [1.807, 2.05) is 0 Å². The van der Waals surface area contributed by atoms with Crippen LogP contribution in [-0.2, 0) is 23.2 Å². The average Bonchev–Trinajstić information content (AvgIpc) is 3.20. The molecule has 0 atom stereocenters. The highest BCUT2D eigenvalue weighted by Gasteiger charge is 2.43. The average molecular weight is 418 g/mol. The maximum Gasteiger partial charge on any atom is 0.390 e. The number of fused-ring (bicyclic) bond motifs is 1. The molecule has 3 rings (SSSR count). The van der Waals surface area contributed by atoms with Gasteiger partial charge < -0.3 is 4.74 Å². The first-order valence-electron chi connectivity index (χ1n) is 9.09. The molecule has 0 bridgehead atoms. The number of nitrogens with zero attached hydrogens (tertiary/aromatic N) is 2. The molecular weight excluding hydrogens is 397 g/mol. The molecule has 1 aliphatic carbocycles. The number of esters is 1. The molecule has 2 aromatic rings. The second kappa shape index (κ2) is 7.06. The van der Waals surface area contributed by atoms with Crippen LogP contribution in [0, 0.1) is 0 Å². The van der Waals surface area contributed by atoms with Crippen molar-refractivity contribution in [2.45, 2.75) is 64.7 Å². The Kier molecular flexibility index (Phi) is 5.20. The van der Waals surface area contributed by atoms with Gasteiger partial charge in [-0.2, -0.15) is 13.2 Å². The number of rotatable bonds is 6. The number of carbonyl (C=O) groups is 1. The van der Waals surface area contributed by atoms with Gasteiger partial charge in [-0.3, -0.25) is 13.9 Å². The van der Waals surface area contributed by atoms with Crippen molar-refractivity contribution in [3.05, 3.63) is 31.3 Å². The molecule has 6 nitrogen and oxygen atoms in total. The lowest BCUT2D eigenvalue weighted by molar-refractivity contribution is -0.136. The van der Waals surface area contributed by atoms with Gasteiger partial charge in [-0.1, -0.05) is 6.92 Å². The van der Waals surface area contributed by atoms with E-state index in [1.54, 1.807) is 20.8 Å². The molecule has 1 aliphatic rings. The van der Waals surface area contributed by atoms with Gasteiger partial charge >= 0.3 is 17.8 Å².